The highest BCUT2D eigenvalue weighted by atomic mass is 16.1. The largest absolute Gasteiger partial charge is 0.364 e. The number of aromatic amines is 3. The lowest BCUT2D eigenvalue weighted by molar-refractivity contribution is 0.0996. The minimum Gasteiger partial charge on any atom is -0.364 e. The van der Waals surface area contributed by atoms with Crippen LogP contribution in [-0.2, 0) is 0 Å². The maximum Gasteiger partial charge on any atom is 0.291 e. The Kier molecular flexibility index (Phi) is 2.57. The van der Waals surface area contributed by atoms with Crippen LogP contribution in [0.4, 0.5) is 11.5 Å². The van der Waals surface area contributed by atoms with Crippen LogP contribution in [0.2, 0.25) is 0 Å². The number of imidazole rings is 1. The maximum absolute atomic E-state index is 11.3. The lowest BCUT2D eigenvalue weighted by atomic mass is 10.4. The lowest BCUT2D eigenvalue weighted by Gasteiger charge is -1.90. The van der Waals surface area contributed by atoms with E-state index in [-0.39, 0.29) is 17.2 Å². The Morgan fingerprint density at radius 3 is 2.76 bits per heavy atom. The van der Waals surface area contributed by atoms with Gasteiger partial charge >= 0.3 is 0 Å². The van der Waals surface area contributed by atoms with Gasteiger partial charge in [-0.15, -0.1) is 10.2 Å². The van der Waals surface area contributed by atoms with E-state index in [0.717, 1.165) is 0 Å². The summed E-state index contributed by atoms with van der Waals surface area (Å²) in [5.41, 5.74) is 5.39. The van der Waals surface area contributed by atoms with E-state index >= 15 is 0 Å². The second-order valence-corrected chi connectivity index (χ2v) is 3.22. The normalized spacial score (nSPS) is 11.1. The number of H-pyrrole nitrogens is 3. The standard InChI is InChI=1S/C8H9N7O2/c1-3-4(8(17)15-12-3)13-14-7-5(6(9)16)10-2-11-7/h2H,1H3,(H2,9,16)(H,10,11)(H2,12,15,17). The Labute approximate surface area is 94.2 Å². The molecule has 2 aromatic heterocycles. The number of hydrogen-bond donors (Lipinski definition) is 4. The van der Waals surface area contributed by atoms with Gasteiger partial charge in [0.2, 0.25) is 5.82 Å². The van der Waals surface area contributed by atoms with Crippen molar-refractivity contribution in [2.45, 2.75) is 6.92 Å². The third-order valence-electron chi connectivity index (χ3n) is 2.04. The summed E-state index contributed by atoms with van der Waals surface area (Å²) in [6.45, 7) is 1.66. The number of nitrogens with two attached hydrogens (primary N) is 1. The van der Waals surface area contributed by atoms with Crippen molar-refractivity contribution < 1.29 is 4.79 Å². The van der Waals surface area contributed by atoms with Crippen LogP contribution in [0.25, 0.3) is 0 Å². The molecule has 0 aliphatic rings. The molecular formula is C8H9N7O2. The molecule has 0 saturated heterocycles. The minimum atomic E-state index is -0.698. The van der Waals surface area contributed by atoms with Gasteiger partial charge in [0.15, 0.2) is 11.4 Å². The van der Waals surface area contributed by atoms with Crippen LogP contribution in [0.3, 0.4) is 0 Å². The second-order valence-electron chi connectivity index (χ2n) is 3.22. The van der Waals surface area contributed by atoms with E-state index in [9.17, 15) is 9.59 Å². The number of primary amides is 1. The molecule has 0 atom stereocenters. The van der Waals surface area contributed by atoms with Crippen LogP contribution in [-0.4, -0.2) is 26.1 Å². The average molecular weight is 235 g/mol. The van der Waals surface area contributed by atoms with E-state index in [0.29, 0.717) is 5.69 Å². The van der Waals surface area contributed by atoms with Gasteiger partial charge in [-0.05, 0) is 6.92 Å². The van der Waals surface area contributed by atoms with Crippen molar-refractivity contribution in [1.29, 1.82) is 0 Å². The van der Waals surface area contributed by atoms with Gasteiger partial charge in [0.25, 0.3) is 11.5 Å². The summed E-state index contributed by atoms with van der Waals surface area (Å²) in [5.74, 6) is -0.659. The summed E-state index contributed by atoms with van der Waals surface area (Å²) in [4.78, 5) is 28.5. The number of aromatic nitrogens is 4. The molecule has 1 amide bonds. The first-order valence-corrected chi connectivity index (χ1v) is 4.61. The number of azo groups is 1. The van der Waals surface area contributed by atoms with Crippen molar-refractivity contribution in [1.82, 2.24) is 20.2 Å². The predicted molar refractivity (Wildman–Crippen MR) is 57.4 cm³/mol. The van der Waals surface area contributed by atoms with Crippen molar-refractivity contribution in [2.75, 3.05) is 0 Å². The molecular weight excluding hydrogens is 226 g/mol. The summed E-state index contributed by atoms with van der Waals surface area (Å²) in [7, 11) is 0. The van der Waals surface area contributed by atoms with Crippen molar-refractivity contribution in [3.05, 3.63) is 28.1 Å². The lowest BCUT2D eigenvalue weighted by Crippen LogP contribution is -2.11. The van der Waals surface area contributed by atoms with Gasteiger partial charge in [0.05, 0.1) is 12.0 Å². The van der Waals surface area contributed by atoms with E-state index in [4.69, 9.17) is 5.73 Å². The summed E-state index contributed by atoms with van der Waals surface area (Å²) >= 11 is 0. The van der Waals surface area contributed by atoms with Crippen molar-refractivity contribution in [3.8, 4) is 0 Å². The Morgan fingerprint density at radius 1 is 1.41 bits per heavy atom. The average Bonchev–Trinajstić information content (AvgIpc) is 2.85. The molecule has 0 bridgehead atoms. The number of aryl methyl sites for hydroxylation is 1. The molecule has 0 fully saturated rings. The van der Waals surface area contributed by atoms with Gasteiger partial charge in [-0.2, -0.15) is 0 Å². The number of rotatable bonds is 3. The van der Waals surface area contributed by atoms with E-state index in [1.165, 1.54) is 6.33 Å². The highest BCUT2D eigenvalue weighted by molar-refractivity contribution is 5.94. The highest BCUT2D eigenvalue weighted by Crippen LogP contribution is 2.17. The maximum atomic E-state index is 11.3. The molecule has 0 spiro atoms. The summed E-state index contributed by atoms with van der Waals surface area (Å²) < 4.78 is 0. The zero-order valence-electron chi connectivity index (χ0n) is 8.81. The van der Waals surface area contributed by atoms with E-state index in [1.807, 2.05) is 0 Å². The fourth-order valence-electron chi connectivity index (χ4n) is 1.20. The highest BCUT2D eigenvalue weighted by Gasteiger charge is 2.11. The molecule has 9 nitrogen and oxygen atoms in total. The van der Waals surface area contributed by atoms with E-state index in [1.54, 1.807) is 6.92 Å². The zero-order valence-corrected chi connectivity index (χ0v) is 8.81. The summed E-state index contributed by atoms with van der Waals surface area (Å²) in [5, 5.41) is 12.3. The van der Waals surface area contributed by atoms with Crippen molar-refractivity contribution in [3.63, 3.8) is 0 Å². The summed E-state index contributed by atoms with van der Waals surface area (Å²) in [6.07, 6.45) is 1.27. The molecule has 2 heterocycles. The molecule has 0 saturated carbocycles. The molecule has 5 N–H and O–H groups in total. The van der Waals surface area contributed by atoms with Gasteiger partial charge in [-0.1, -0.05) is 0 Å². The number of nitrogens with zero attached hydrogens (tertiary/aromatic N) is 3. The van der Waals surface area contributed by atoms with Crippen LogP contribution in [0.15, 0.2) is 21.4 Å². The van der Waals surface area contributed by atoms with Crippen LogP contribution in [0.1, 0.15) is 16.2 Å². The third kappa shape index (κ3) is 1.97. The molecule has 0 radical (unpaired) electrons. The topological polar surface area (TPSA) is 145 Å². The van der Waals surface area contributed by atoms with Crippen LogP contribution in [0, 0.1) is 6.92 Å². The smallest absolute Gasteiger partial charge is 0.291 e. The van der Waals surface area contributed by atoms with Crippen LogP contribution < -0.4 is 11.3 Å². The van der Waals surface area contributed by atoms with E-state index < -0.39 is 11.5 Å². The summed E-state index contributed by atoms with van der Waals surface area (Å²) in [6, 6.07) is 0. The van der Waals surface area contributed by atoms with Gasteiger partial charge < -0.3 is 15.8 Å². The predicted octanol–water partition coefficient (Wildman–Crippen LogP) is 0.249. The Balaban J connectivity index is 2.36. The van der Waals surface area contributed by atoms with Crippen molar-refractivity contribution in [2.24, 2.45) is 16.0 Å². The SMILES string of the molecule is Cc1[nH][nH]c(=O)c1N=Nc1nc[nH]c1C(N)=O. The monoisotopic (exact) mass is 235 g/mol. The Morgan fingerprint density at radius 2 is 2.18 bits per heavy atom. The number of amides is 1. The Bertz CT molecular complexity index is 632. The minimum absolute atomic E-state index is 0.0394. The molecule has 0 unspecified atom stereocenters. The molecule has 9 heteroatoms. The number of hydrogen-bond acceptors (Lipinski definition) is 5. The number of nitrogens with one attached hydrogen (secondary N) is 3. The molecule has 2 rings (SSSR count). The van der Waals surface area contributed by atoms with Gasteiger partial charge in [-0.3, -0.25) is 14.7 Å². The van der Waals surface area contributed by atoms with Crippen LogP contribution >= 0.6 is 0 Å². The first-order chi connectivity index (χ1) is 8.09. The quantitative estimate of drug-likeness (QED) is 0.565. The molecule has 88 valence electrons. The molecule has 0 aliphatic carbocycles. The zero-order chi connectivity index (χ0) is 12.4. The number of carbonyl (C=O) groups excluding carboxylic acids is 1. The fraction of sp³-hybridized carbons (Fsp3) is 0.125. The molecule has 0 aliphatic heterocycles. The first-order valence-electron chi connectivity index (χ1n) is 4.61. The van der Waals surface area contributed by atoms with Gasteiger partial charge in [0.1, 0.15) is 0 Å². The van der Waals surface area contributed by atoms with E-state index in [2.05, 4.69) is 30.4 Å². The molecule has 0 aromatic carbocycles. The molecule has 2 aromatic rings. The first kappa shape index (κ1) is 10.8. The molecule has 17 heavy (non-hydrogen) atoms. The second kappa shape index (κ2) is 4.04. The Hall–Kier alpha value is -2.71. The number of carbonyl (C=O) groups is 1. The van der Waals surface area contributed by atoms with Gasteiger partial charge in [0, 0.05) is 0 Å². The fourth-order valence-corrected chi connectivity index (χ4v) is 1.20. The third-order valence-corrected chi connectivity index (χ3v) is 2.04. The van der Waals surface area contributed by atoms with Crippen molar-refractivity contribution >= 4 is 17.4 Å². The van der Waals surface area contributed by atoms with Crippen LogP contribution in [0.5, 0.6) is 0 Å². The van der Waals surface area contributed by atoms with Gasteiger partial charge in [-0.25, -0.2) is 4.98 Å².